The molecule has 1 aromatic carbocycles. The van der Waals surface area contributed by atoms with E-state index in [1.165, 1.54) is 0 Å². The molecule has 0 radical (unpaired) electrons. The molecule has 0 saturated heterocycles. The summed E-state index contributed by atoms with van der Waals surface area (Å²) in [5, 5.41) is 0. The molecule has 4 nitrogen and oxygen atoms in total. The SMILES string of the molecule is O=Cc1cccc2nc3n(c12)C=CCOC3. The average molecular weight is 214 g/mol. The monoisotopic (exact) mass is 214 g/mol. The van der Waals surface area contributed by atoms with Crippen LogP contribution in [0, 0.1) is 0 Å². The van der Waals surface area contributed by atoms with Crippen LogP contribution >= 0.6 is 0 Å². The molecule has 0 fully saturated rings. The van der Waals surface area contributed by atoms with Gasteiger partial charge in [0.25, 0.3) is 0 Å². The second-order valence-corrected chi connectivity index (χ2v) is 3.63. The summed E-state index contributed by atoms with van der Waals surface area (Å²) in [4.78, 5) is 15.4. The number of hydrogen-bond acceptors (Lipinski definition) is 3. The number of hydrogen-bond donors (Lipinski definition) is 0. The molecule has 0 unspecified atom stereocenters. The van der Waals surface area contributed by atoms with Crippen LogP contribution in [0.15, 0.2) is 24.3 Å². The van der Waals surface area contributed by atoms with Gasteiger partial charge in [0.05, 0.1) is 17.6 Å². The summed E-state index contributed by atoms with van der Waals surface area (Å²) >= 11 is 0. The highest BCUT2D eigenvalue weighted by Gasteiger charge is 2.13. The Morgan fingerprint density at radius 3 is 3.25 bits per heavy atom. The van der Waals surface area contributed by atoms with E-state index >= 15 is 0 Å². The number of para-hydroxylation sites is 1. The second-order valence-electron chi connectivity index (χ2n) is 3.63. The number of carbonyl (C=O) groups is 1. The summed E-state index contributed by atoms with van der Waals surface area (Å²) in [6.07, 6.45) is 4.68. The molecule has 0 aliphatic carbocycles. The molecule has 0 spiro atoms. The minimum Gasteiger partial charge on any atom is -0.369 e. The molecular weight excluding hydrogens is 204 g/mol. The van der Waals surface area contributed by atoms with Gasteiger partial charge >= 0.3 is 0 Å². The molecule has 0 atom stereocenters. The molecule has 1 aliphatic heterocycles. The van der Waals surface area contributed by atoms with E-state index in [0.29, 0.717) is 18.8 Å². The maximum Gasteiger partial charge on any atom is 0.152 e. The zero-order valence-corrected chi connectivity index (χ0v) is 8.59. The molecule has 0 N–H and O–H groups in total. The average Bonchev–Trinajstić information content (AvgIpc) is 2.52. The molecule has 1 aromatic heterocycles. The highest BCUT2D eigenvalue weighted by molar-refractivity contribution is 5.95. The van der Waals surface area contributed by atoms with E-state index in [0.717, 1.165) is 23.1 Å². The zero-order valence-electron chi connectivity index (χ0n) is 8.59. The van der Waals surface area contributed by atoms with Crippen LogP contribution in [-0.2, 0) is 11.3 Å². The van der Waals surface area contributed by atoms with Crippen LogP contribution in [0.25, 0.3) is 17.2 Å². The molecule has 16 heavy (non-hydrogen) atoms. The van der Waals surface area contributed by atoms with Crippen molar-refractivity contribution in [1.82, 2.24) is 9.55 Å². The fraction of sp³-hybridized carbons (Fsp3) is 0.167. The second kappa shape index (κ2) is 3.57. The molecule has 0 amide bonds. The van der Waals surface area contributed by atoms with Gasteiger partial charge in [-0.3, -0.25) is 4.79 Å². The van der Waals surface area contributed by atoms with Crippen LogP contribution in [0.4, 0.5) is 0 Å². The van der Waals surface area contributed by atoms with Gasteiger partial charge in [-0.2, -0.15) is 0 Å². The highest BCUT2D eigenvalue weighted by Crippen LogP contribution is 2.21. The van der Waals surface area contributed by atoms with E-state index in [4.69, 9.17) is 4.74 Å². The summed E-state index contributed by atoms with van der Waals surface area (Å²) < 4.78 is 7.29. The van der Waals surface area contributed by atoms with Crippen LogP contribution in [-0.4, -0.2) is 22.4 Å². The number of ether oxygens (including phenoxy) is 1. The summed E-state index contributed by atoms with van der Waals surface area (Å²) in [7, 11) is 0. The molecule has 0 saturated carbocycles. The quantitative estimate of drug-likeness (QED) is 0.680. The largest absolute Gasteiger partial charge is 0.369 e. The number of fused-ring (bicyclic) bond motifs is 3. The van der Waals surface area contributed by atoms with Crippen LogP contribution in [0.1, 0.15) is 16.2 Å². The first kappa shape index (κ1) is 9.30. The Morgan fingerprint density at radius 1 is 1.44 bits per heavy atom. The third-order valence-electron chi connectivity index (χ3n) is 2.64. The van der Waals surface area contributed by atoms with Crippen molar-refractivity contribution < 1.29 is 9.53 Å². The number of benzene rings is 1. The van der Waals surface area contributed by atoms with Crippen molar-refractivity contribution in [3.05, 3.63) is 35.7 Å². The van der Waals surface area contributed by atoms with Crippen LogP contribution in [0.5, 0.6) is 0 Å². The van der Waals surface area contributed by atoms with Crippen LogP contribution in [0.2, 0.25) is 0 Å². The van der Waals surface area contributed by atoms with Crippen LogP contribution < -0.4 is 0 Å². The molecule has 4 heteroatoms. The molecule has 3 rings (SSSR count). The normalized spacial score (nSPS) is 14.8. The predicted octanol–water partition coefficient (Wildman–Crippen LogP) is 1.85. The minimum absolute atomic E-state index is 0.472. The fourth-order valence-corrected chi connectivity index (χ4v) is 1.95. The van der Waals surface area contributed by atoms with E-state index in [2.05, 4.69) is 4.98 Å². The van der Waals surface area contributed by atoms with Gasteiger partial charge in [0, 0.05) is 11.8 Å². The van der Waals surface area contributed by atoms with Crippen molar-refractivity contribution in [3.63, 3.8) is 0 Å². The van der Waals surface area contributed by atoms with Gasteiger partial charge in [-0.1, -0.05) is 6.07 Å². The van der Waals surface area contributed by atoms with Crippen molar-refractivity contribution >= 4 is 23.5 Å². The summed E-state index contributed by atoms with van der Waals surface area (Å²) in [5.74, 6) is 0.832. The third kappa shape index (κ3) is 1.27. The topological polar surface area (TPSA) is 44.1 Å². The van der Waals surface area contributed by atoms with Gasteiger partial charge < -0.3 is 9.30 Å². The third-order valence-corrected chi connectivity index (χ3v) is 2.64. The van der Waals surface area contributed by atoms with Gasteiger partial charge in [-0.25, -0.2) is 4.98 Å². The summed E-state index contributed by atoms with van der Waals surface area (Å²) in [6, 6.07) is 5.53. The highest BCUT2D eigenvalue weighted by atomic mass is 16.5. The minimum atomic E-state index is 0.472. The van der Waals surface area contributed by atoms with Crippen molar-refractivity contribution in [3.8, 4) is 0 Å². The molecule has 0 bridgehead atoms. The number of aldehydes is 1. The number of nitrogens with zero attached hydrogens (tertiary/aromatic N) is 2. The molecule has 2 heterocycles. The number of imidazole rings is 1. The lowest BCUT2D eigenvalue weighted by Crippen LogP contribution is -1.97. The van der Waals surface area contributed by atoms with E-state index < -0.39 is 0 Å². The van der Waals surface area contributed by atoms with E-state index in [1.807, 2.05) is 29.0 Å². The summed E-state index contributed by atoms with van der Waals surface area (Å²) in [5.41, 5.74) is 2.34. The van der Waals surface area contributed by atoms with Gasteiger partial charge in [0.1, 0.15) is 12.4 Å². The molecule has 2 aromatic rings. The van der Waals surface area contributed by atoms with Gasteiger partial charge in [-0.15, -0.1) is 0 Å². The van der Waals surface area contributed by atoms with Gasteiger partial charge in [0.15, 0.2) is 6.29 Å². The Bertz CT molecular complexity index is 584. The molecule has 1 aliphatic rings. The van der Waals surface area contributed by atoms with E-state index in [1.54, 1.807) is 6.07 Å². The van der Waals surface area contributed by atoms with Gasteiger partial charge in [-0.05, 0) is 18.2 Å². The Morgan fingerprint density at radius 2 is 2.38 bits per heavy atom. The van der Waals surface area contributed by atoms with Crippen LogP contribution in [0.3, 0.4) is 0 Å². The lowest BCUT2D eigenvalue weighted by atomic mass is 10.2. The number of aromatic nitrogens is 2. The smallest absolute Gasteiger partial charge is 0.152 e. The first-order valence-corrected chi connectivity index (χ1v) is 5.09. The summed E-state index contributed by atoms with van der Waals surface area (Å²) in [6.45, 7) is 1.05. The Kier molecular flexibility index (Phi) is 2.08. The molecule has 80 valence electrons. The maximum atomic E-state index is 11.0. The predicted molar refractivity (Wildman–Crippen MR) is 60.1 cm³/mol. The standard InChI is InChI=1S/C12H10N2O2/c15-7-9-3-1-4-10-12(9)14-5-2-6-16-8-11(14)13-10/h1-5,7H,6,8H2. The fourth-order valence-electron chi connectivity index (χ4n) is 1.95. The van der Waals surface area contributed by atoms with E-state index in [9.17, 15) is 4.79 Å². The van der Waals surface area contributed by atoms with E-state index in [-0.39, 0.29) is 0 Å². The number of rotatable bonds is 1. The number of carbonyl (C=O) groups excluding carboxylic acids is 1. The first-order chi connectivity index (χ1) is 7.90. The van der Waals surface area contributed by atoms with Gasteiger partial charge in [0.2, 0.25) is 0 Å². The lowest BCUT2D eigenvalue weighted by molar-refractivity contribution is 0.112. The lowest BCUT2D eigenvalue weighted by Gasteiger charge is -2.00. The maximum absolute atomic E-state index is 11.0. The Hall–Kier alpha value is -1.94. The Balaban J connectivity index is 2.39. The van der Waals surface area contributed by atoms with Crippen molar-refractivity contribution in [2.45, 2.75) is 6.61 Å². The van der Waals surface area contributed by atoms with Crippen molar-refractivity contribution in [2.24, 2.45) is 0 Å². The zero-order chi connectivity index (χ0) is 11.0. The first-order valence-electron chi connectivity index (χ1n) is 5.09. The molecular formula is C12H10N2O2. The Labute approximate surface area is 92.2 Å². The van der Waals surface area contributed by atoms with Crippen molar-refractivity contribution in [1.29, 1.82) is 0 Å². The van der Waals surface area contributed by atoms with Crippen molar-refractivity contribution in [2.75, 3.05) is 6.61 Å².